The van der Waals surface area contributed by atoms with Crippen molar-refractivity contribution >= 4 is 38.6 Å². The fourth-order valence-electron chi connectivity index (χ4n) is 3.06. The van der Waals surface area contributed by atoms with E-state index in [0.29, 0.717) is 35.4 Å². The van der Waals surface area contributed by atoms with Gasteiger partial charge in [0.25, 0.3) is 5.91 Å². The Bertz CT molecular complexity index is 1380. The van der Waals surface area contributed by atoms with Crippen molar-refractivity contribution in [2.75, 3.05) is 18.5 Å². The molecule has 12 heteroatoms. The number of carbonyl (C=O) groups excluding carboxylic acids is 1. The molecule has 0 unspecified atom stereocenters. The van der Waals surface area contributed by atoms with Crippen LogP contribution < -0.4 is 14.8 Å². The number of nitrogens with one attached hydrogen (secondary N) is 1. The summed E-state index contributed by atoms with van der Waals surface area (Å²) in [5.74, 6) is -1.74. The molecule has 0 atom stereocenters. The van der Waals surface area contributed by atoms with E-state index in [2.05, 4.69) is 21.4 Å². The number of ether oxygens (including phenoxy) is 2. The number of hydrogen-bond acceptors (Lipinski definition) is 7. The number of aliphatic carboxylic acids is 1. The number of anilines is 1. The number of carboxylic acids is 1. The Balaban J connectivity index is 0.000000364. The van der Waals surface area contributed by atoms with Gasteiger partial charge in [0.15, 0.2) is 16.6 Å². The van der Waals surface area contributed by atoms with Gasteiger partial charge in [-0.3, -0.25) is 15.1 Å². The van der Waals surface area contributed by atoms with Gasteiger partial charge in [0.05, 0.1) is 10.2 Å². The minimum atomic E-state index is -5.08. The highest BCUT2D eigenvalue weighted by Gasteiger charge is 2.38. The summed E-state index contributed by atoms with van der Waals surface area (Å²) in [4.78, 5) is 30.1. The second-order valence-electron chi connectivity index (χ2n) is 7.05. The number of fused-ring (bicyclic) bond motifs is 2. The highest BCUT2D eigenvalue weighted by atomic mass is 32.1. The standard InChI is InChI=1S/C21H15N3O3S.C2HF3O2/c25-20(15-2-4-17-18(11-15)27-10-9-26-17)24-21-23-16-3-1-14(12-19(16)28-21)13-5-7-22-8-6-13;3-2(4,5)1(6)7/h1-8,11-12H,9-10H2,(H,23,24,25);(H,6,7). The maximum atomic E-state index is 12.6. The number of aromatic nitrogens is 2. The number of thiazole rings is 1. The zero-order valence-corrected chi connectivity index (χ0v) is 18.5. The van der Waals surface area contributed by atoms with Gasteiger partial charge in [-0.2, -0.15) is 13.2 Å². The van der Waals surface area contributed by atoms with Gasteiger partial charge < -0.3 is 14.6 Å². The smallest absolute Gasteiger partial charge is 0.486 e. The van der Waals surface area contributed by atoms with E-state index in [-0.39, 0.29) is 5.91 Å². The number of pyridine rings is 1. The van der Waals surface area contributed by atoms with Crippen LogP contribution in [0.3, 0.4) is 0 Å². The van der Waals surface area contributed by atoms with Crippen molar-refractivity contribution in [3.05, 3.63) is 66.5 Å². The van der Waals surface area contributed by atoms with Crippen molar-refractivity contribution in [1.29, 1.82) is 0 Å². The number of halogens is 3. The van der Waals surface area contributed by atoms with E-state index in [0.717, 1.165) is 21.3 Å². The molecule has 1 aliphatic rings. The van der Waals surface area contributed by atoms with Gasteiger partial charge in [-0.05, 0) is 53.6 Å². The Hall–Kier alpha value is -4.19. The van der Waals surface area contributed by atoms with Gasteiger partial charge in [0.1, 0.15) is 13.2 Å². The molecule has 2 aromatic heterocycles. The minimum Gasteiger partial charge on any atom is -0.486 e. The zero-order chi connectivity index (χ0) is 25.0. The molecule has 4 aromatic rings. The van der Waals surface area contributed by atoms with Crippen LogP contribution in [0.2, 0.25) is 0 Å². The molecule has 3 heterocycles. The summed E-state index contributed by atoms with van der Waals surface area (Å²) in [6, 6.07) is 15.1. The number of hydrogen-bond donors (Lipinski definition) is 2. The number of carboxylic acid groups (broad SMARTS) is 1. The molecule has 0 aliphatic carbocycles. The van der Waals surface area contributed by atoms with Crippen molar-refractivity contribution < 1.29 is 37.3 Å². The molecule has 2 aromatic carbocycles. The lowest BCUT2D eigenvalue weighted by atomic mass is 10.1. The van der Waals surface area contributed by atoms with Crippen molar-refractivity contribution in [2.24, 2.45) is 0 Å². The molecule has 1 aliphatic heterocycles. The first kappa shape index (κ1) is 24.0. The first-order valence-corrected chi connectivity index (χ1v) is 10.8. The molecule has 0 saturated heterocycles. The van der Waals surface area contributed by atoms with Crippen LogP contribution in [0.4, 0.5) is 18.3 Å². The largest absolute Gasteiger partial charge is 0.490 e. The average molecular weight is 503 g/mol. The van der Waals surface area contributed by atoms with Crippen LogP contribution >= 0.6 is 11.3 Å². The summed E-state index contributed by atoms with van der Waals surface area (Å²) in [7, 11) is 0. The summed E-state index contributed by atoms with van der Waals surface area (Å²) < 4.78 is 43.8. The molecule has 8 nitrogen and oxygen atoms in total. The lowest BCUT2D eigenvalue weighted by molar-refractivity contribution is -0.192. The van der Waals surface area contributed by atoms with Gasteiger partial charge in [0.2, 0.25) is 0 Å². The number of rotatable bonds is 3. The molecular weight excluding hydrogens is 487 g/mol. The molecule has 0 saturated carbocycles. The molecule has 0 spiro atoms. The van der Waals surface area contributed by atoms with Gasteiger partial charge in [-0.15, -0.1) is 0 Å². The third kappa shape index (κ3) is 5.84. The number of nitrogens with zero attached hydrogens (tertiary/aromatic N) is 2. The minimum absolute atomic E-state index is 0.231. The van der Waals surface area contributed by atoms with E-state index >= 15 is 0 Å². The van der Waals surface area contributed by atoms with Gasteiger partial charge in [-0.1, -0.05) is 17.4 Å². The van der Waals surface area contributed by atoms with Crippen molar-refractivity contribution in [1.82, 2.24) is 9.97 Å². The van der Waals surface area contributed by atoms with E-state index in [4.69, 9.17) is 19.4 Å². The third-order valence-electron chi connectivity index (χ3n) is 4.67. The van der Waals surface area contributed by atoms with Crippen LogP contribution in [-0.4, -0.2) is 46.3 Å². The molecule has 0 fully saturated rings. The Labute approximate surface area is 200 Å². The molecule has 2 N–H and O–H groups in total. The summed E-state index contributed by atoms with van der Waals surface area (Å²) in [5, 5.41) is 10.6. The van der Waals surface area contributed by atoms with Crippen LogP contribution in [0, 0.1) is 0 Å². The zero-order valence-electron chi connectivity index (χ0n) is 17.7. The fraction of sp³-hybridized carbons (Fsp3) is 0.130. The molecule has 35 heavy (non-hydrogen) atoms. The topological polar surface area (TPSA) is 111 Å². The summed E-state index contributed by atoms with van der Waals surface area (Å²) in [6.07, 6.45) is -1.55. The van der Waals surface area contributed by atoms with Gasteiger partial charge in [0, 0.05) is 18.0 Å². The summed E-state index contributed by atoms with van der Waals surface area (Å²) >= 11 is 1.44. The van der Waals surface area contributed by atoms with E-state index < -0.39 is 12.1 Å². The lowest BCUT2D eigenvalue weighted by Gasteiger charge is -2.18. The molecule has 5 rings (SSSR count). The van der Waals surface area contributed by atoms with Crippen LogP contribution in [0.25, 0.3) is 21.3 Å². The number of amides is 1. The maximum absolute atomic E-state index is 12.6. The monoisotopic (exact) mass is 503 g/mol. The van der Waals surface area contributed by atoms with Crippen LogP contribution in [0.15, 0.2) is 60.9 Å². The fourth-order valence-corrected chi connectivity index (χ4v) is 3.96. The Morgan fingerprint density at radius 1 is 0.943 bits per heavy atom. The molecule has 1 amide bonds. The number of benzene rings is 2. The second kappa shape index (κ2) is 9.97. The molecular formula is C23H16F3N3O5S. The predicted molar refractivity (Wildman–Crippen MR) is 122 cm³/mol. The van der Waals surface area contributed by atoms with Gasteiger partial charge >= 0.3 is 12.1 Å². The van der Waals surface area contributed by atoms with E-state index in [1.165, 1.54) is 11.3 Å². The quantitative estimate of drug-likeness (QED) is 0.404. The normalized spacial score (nSPS) is 12.4. The van der Waals surface area contributed by atoms with Crippen LogP contribution in [-0.2, 0) is 4.79 Å². The number of carbonyl (C=O) groups is 2. The summed E-state index contributed by atoms with van der Waals surface area (Å²) in [5.41, 5.74) is 3.52. The predicted octanol–water partition coefficient (Wildman–Crippen LogP) is 5.02. The second-order valence-corrected chi connectivity index (χ2v) is 8.08. The Kier molecular flexibility index (Phi) is 6.82. The highest BCUT2D eigenvalue weighted by Crippen LogP contribution is 2.33. The van der Waals surface area contributed by atoms with Crippen LogP contribution in [0.1, 0.15) is 10.4 Å². The Morgan fingerprint density at radius 3 is 2.31 bits per heavy atom. The maximum Gasteiger partial charge on any atom is 0.490 e. The molecule has 0 bridgehead atoms. The highest BCUT2D eigenvalue weighted by molar-refractivity contribution is 7.22. The van der Waals surface area contributed by atoms with Gasteiger partial charge in [-0.25, -0.2) is 9.78 Å². The Morgan fingerprint density at radius 2 is 1.63 bits per heavy atom. The lowest BCUT2D eigenvalue weighted by Crippen LogP contribution is -2.21. The van der Waals surface area contributed by atoms with E-state index in [1.807, 2.05) is 24.3 Å². The van der Waals surface area contributed by atoms with Crippen molar-refractivity contribution in [2.45, 2.75) is 6.18 Å². The van der Waals surface area contributed by atoms with Crippen molar-refractivity contribution in [3.8, 4) is 22.6 Å². The molecule has 0 radical (unpaired) electrons. The SMILES string of the molecule is O=C(Nc1nc2ccc(-c3ccncc3)cc2s1)c1ccc2c(c1)OCCO2.O=C(O)C(F)(F)F. The average Bonchev–Trinajstić information content (AvgIpc) is 3.25. The first-order valence-electron chi connectivity index (χ1n) is 10.0. The molecule has 180 valence electrons. The number of alkyl halides is 3. The van der Waals surface area contributed by atoms with Crippen molar-refractivity contribution in [3.63, 3.8) is 0 Å². The van der Waals surface area contributed by atoms with Crippen LogP contribution in [0.5, 0.6) is 11.5 Å². The van der Waals surface area contributed by atoms with E-state index in [9.17, 15) is 18.0 Å². The summed E-state index contributed by atoms with van der Waals surface area (Å²) in [6.45, 7) is 1.00. The first-order chi connectivity index (χ1) is 16.7. The van der Waals surface area contributed by atoms with E-state index in [1.54, 1.807) is 30.6 Å². The third-order valence-corrected chi connectivity index (χ3v) is 5.60.